The number of anilines is 1. The number of carbonyl (C=O) groups is 2. The Hall–Kier alpha value is -1.88. The second-order valence-corrected chi connectivity index (χ2v) is 6.02. The van der Waals surface area contributed by atoms with Gasteiger partial charge in [-0.1, -0.05) is 18.2 Å². The number of rotatable bonds is 5. The molecular weight excluding hydrogens is 254 g/mol. The van der Waals surface area contributed by atoms with Crippen LogP contribution in [0.2, 0.25) is 0 Å². The maximum atomic E-state index is 11.8. The summed E-state index contributed by atoms with van der Waals surface area (Å²) in [7, 11) is 1.83. The number of amides is 2. The molecule has 0 heterocycles. The van der Waals surface area contributed by atoms with Crippen molar-refractivity contribution in [3.8, 4) is 0 Å². The Labute approximate surface area is 120 Å². The summed E-state index contributed by atoms with van der Waals surface area (Å²) in [5.41, 5.74) is 0.522. The van der Waals surface area contributed by atoms with E-state index in [1.165, 1.54) is 0 Å². The van der Waals surface area contributed by atoms with Gasteiger partial charge in [0.15, 0.2) is 13.1 Å². The van der Waals surface area contributed by atoms with Crippen molar-refractivity contribution in [1.29, 1.82) is 0 Å². The summed E-state index contributed by atoms with van der Waals surface area (Å²) in [5.74, 6) is -0.153. The Morgan fingerprint density at radius 1 is 1.05 bits per heavy atom. The normalized spacial score (nSPS) is 12.6. The number of likely N-dealkylation sites (N-methyl/N-ethyl adjacent to an activating group) is 1. The molecule has 20 heavy (non-hydrogen) atoms. The second kappa shape index (κ2) is 7.05. The Balaban J connectivity index is 2.37. The molecule has 1 aromatic carbocycles. The smallest absolute Gasteiger partial charge is 0.279 e. The third kappa shape index (κ3) is 6.89. The van der Waals surface area contributed by atoms with E-state index >= 15 is 0 Å². The number of carbonyl (C=O) groups excluding carboxylic acids is 2. The first-order valence-corrected chi connectivity index (χ1v) is 6.73. The zero-order valence-corrected chi connectivity index (χ0v) is 12.6. The first-order chi connectivity index (χ1) is 9.26. The summed E-state index contributed by atoms with van der Waals surface area (Å²) in [6.07, 6.45) is 0. The van der Waals surface area contributed by atoms with Gasteiger partial charge in [-0.2, -0.15) is 0 Å². The molecule has 1 unspecified atom stereocenters. The molecule has 0 saturated carbocycles. The highest BCUT2D eigenvalue weighted by Crippen LogP contribution is 2.03. The molecule has 0 aromatic heterocycles. The first-order valence-electron chi connectivity index (χ1n) is 6.73. The van der Waals surface area contributed by atoms with Gasteiger partial charge >= 0.3 is 0 Å². The van der Waals surface area contributed by atoms with Crippen LogP contribution in [-0.4, -0.2) is 37.5 Å². The number of nitrogens with one attached hydrogen (secondary N) is 3. The number of para-hydroxylation sites is 1. The second-order valence-electron chi connectivity index (χ2n) is 6.02. The molecule has 0 bridgehead atoms. The van der Waals surface area contributed by atoms with Crippen LogP contribution in [0.5, 0.6) is 0 Å². The Bertz CT molecular complexity index is 452. The maximum absolute atomic E-state index is 11.8. The molecule has 0 aliphatic heterocycles. The summed E-state index contributed by atoms with van der Waals surface area (Å²) < 4.78 is 0. The maximum Gasteiger partial charge on any atom is 0.279 e. The van der Waals surface area contributed by atoms with E-state index in [1.807, 2.05) is 58.2 Å². The lowest BCUT2D eigenvalue weighted by molar-refractivity contribution is -0.862. The van der Waals surface area contributed by atoms with Crippen LogP contribution >= 0.6 is 0 Å². The highest BCUT2D eigenvalue weighted by molar-refractivity contribution is 5.91. The quantitative estimate of drug-likeness (QED) is 0.713. The zero-order valence-electron chi connectivity index (χ0n) is 12.6. The fourth-order valence-corrected chi connectivity index (χ4v) is 1.80. The molecule has 0 fully saturated rings. The van der Waals surface area contributed by atoms with Crippen LogP contribution in [0.15, 0.2) is 30.3 Å². The van der Waals surface area contributed by atoms with Gasteiger partial charge in [0, 0.05) is 11.2 Å². The summed E-state index contributed by atoms with van der Waals surface area (Å²) in [6.45, 7) is 6.33. The van der Waals surface area contributed by atoms with Gasteiger partial charge in [-0.05, 0) is 32.9 Å². The molecule has 5 heteroatoms. The SMILES string of the molecule is C[NH+](CC(=O)Nc1ccccc1)CC(=O)NC(C)(C)C. The number of quaternary nitrogens is 1. The molecule has 0 aliphatic carbocycles. The van der Waals surface area contributed by atoms with E-state index in [-0.39, 0.29) is 30.4 Å². The number of hydrogen-bond acceptors (Lipinski definition) is 2. The van der Waals surface area contributed by atoms with Crippen LogP contribution in [0.1, 0.15) is 20.8 Å². The van der Waals surface area contributed by atoms with E-state index in [4.69, 9.17) is 0 Å². The summed E-state index contributed by atoms with van der Waals surface area (Å²) in [6, 6.07) is 9.29. The highest BCUT2D eigenvalue weighted by Gasteiger charge is 2.18. The molecule has 0 saturated heterocycles. The van der Waals surface area contributed by atoms with Gasteiger partial charge in [-0.15, -0.1) is 0 Å². The Morgan fingerprint density at radius 2 is 1.60 bits per heavy atom. The molecule has 0 spiro atoms. The molecule has 1 atom stereocenters. The molecule has 5 nitrogen and oxygen atoms in total. The average Bonchev–Trinajstić information content (AvgIpc) is 2.26. The number of benzene rings is 1. The van der Waals surface area contributed by atoms with Crippen molar-refractivity contribution in [1.82, 2.24) is 5.32 Å². The van der Waals surface area contributed by atoms with Crippen LogP contribution in [-0.2, 0) is 9.59 Å². The molecule has 1 rings (SSSR count). The van der Waals surface area contributed by atoms with Crippen molar-refractivity contribution >= 4 is 17.5 Å². The van der Waals surface area contributed by atoms with E-state index in [0.29, 0.717) is 0 Å². The summed E-state index contributed by atoms with van der Waals surface area (Å²) in [4.78, 5) is 24.4. The van der Waals surface area contributed by atoms with E-state index in [2.05, 4.69) is 10.6 Å². The third-order valence-electron chi connectivity index (χ3n) is 2.50. The molecule has 0 aliphatic rings. The lowest BCUT2D eigenvalue weighted by atomic mass is 10.1. The average molecular weight is 278 g/mol. The van der Waals surface area contributed by atoms with E-state index < -0.39 is 0 Å². The summed E-state index contributed by atoms with van der Waals surface area (Å²) in [5, 5.41) is 5.68. The topological polar surface area (TPSA) is 62.6 Å². The minimum Gasteiger partial charge on any atom is -0.347 e. The molecule has 2 amide bonds. The largest absolute Gasteiger partial charge is 0.347 e. The van der Waals surface area contributed by atoms with E-state index in [1.54, 1.807) is 0 Å². The third-order valence-corrected chi connectivity index (χ3v) is 2.50. The van der Waals surface area contributed by atoms with Crippen molar-refractivity contribution in [2.45, 2.75) is 26.3 Å². The van der Waals surface area contributed by atoms with Crippen molar-refractivity contribution in [2.75, 3.05) is 25.5 Å². The molecule has 1 aromatic rings. The van der Waals surface area contributed by atoms with E-state index in [9.17, 15) is 9.59 Å². The monoisotopic (exact) mass is 278 g/mol. The van der Waals surface area contributed by atoms with E-state index in [0.717, 1.165) is 10.6 Å². The van der Waals surface area contributed by atoms with Crippen molar-refractivity contribution < 1.29 is 14.5 Å². The van der Waals surface area contributed by atoms with Crippen LogP contribution < -0.4 is 15.5 Å². The minimum atomic E-state index is -0.246. The minimum absolute atomic E-state index is 0.0532. The van der Waals surface area contributed by atoms with Crippen LogP contribution in [0.4, 0.5) is 5.69 Å². The van der Waals surface area contributed by atoms with Gasteiger partial charge in [-0.25, -0.2) is 0 Å². The summed E-state index contributed by atoms with van der Waals surface area (Å²) >= 11 is 0. The lowest BCUT2D eigenvalue weighted by Gasteiger charge is -2.21. The van der Waals surface area contributed by atoms with Gasteiger partial charge in [-0.3, -0.25) is 9.59 Å². The molecule has 3 N–H and O–H groups in total. The van der Waals surface area contributed by atoms with Gasteiger partial charge in [0.25, 0.3) is 11.8 Å². The zero-order chi connectivity index (χ0) is 15.2. The molecule has 0 radical (unpaired) electrons. The fraction of sp³-hybridized carbons (Fsp3) is 0.467. The fourth-order valence-electron chi connectivity index (χ4n) is 1.80. The Morgan fingerprint density at radius 3 is 2.15 bits per heavy atom. The predicted octanol–water partition coefficient (Wildman–Crippen LogP) is 0.0545. The van der Waals surface area contributed by atoms with Crippen LogP contribution in [0.3, 0.4) is 0 Å². The van der Waals surface area contributed by atoms with Crippen LogP contribution in [0, 0.1) is 0 Å². The predicted molar refractivity (Wildman–Crippen MR) is 79.6 cm³/mol. The standard InChI is InChI=1S/C15H23N3O2/c1-15(2,3)17-14(20)11-18(4)10-13(19)16-12-8-6-5-7-9-12/h5-9H,10-11H2,1-4H3,(H,16,19)(H,17,20)/p+1. The molecular formula is C15H24N3O2+. The first kappa shape index (κ1) is 16.2. The van der Waals surface area contributed by atoms with Gasteiger partial charge in [0.1, 0.15) is 0 Å². The highest BCUT2D eigenvalue weighted by atomic mass is 16.2. The van der Waals surface area contributed by atoms with Crippen LogP contribution in [0.25, 0.3) is 0 Å². The Kier molecular flexibility index (Phi) is 5.70. The van der Waals surface area contributed by atoms with Gasteiger partial charge < -0.3 is 15.5 Å². The molecule has 110 valence electrons. The number of hydrogen-bond donors (Lipinski definition) is 3. The van der Waals surface area contributed by atoms with Gasteiger partial charge in [0.2, 0.25) is 0 Å². The van der Waals surface area contributed by atoms with Gasteiger partial charge in [0.05, 0.1) is 7.05 Å². The lowest BCUT2D eigenvalue weighted by Crippen LogP contribution is -3.11. The van der Waals surface area contributed by atoms with Crippen molar-refractivity contribution in [2.24, 2.45) is 0 Å². The van der Waals surface area contributed by atoms with Crippen molar-refractivity contribution in [3.63, 3.8) is 0 Å². The van der Waals surface area contributed by atoms with Crippen molar-refractivity contribution in [3.05, 3.63) is 30.3 Å².